The van der Waals surface area contributed by atoms with Crippen LogP contribution in [0.3, 0.4) is 0 Å². The minimum absolute atomic E-state index is 0.0539. The second kappa shape index (κ2) is 8.58. The molecule has 5 rings (SSSR count). The largest absolute Gasteiger partial charge is 0.296 e. The van der Waals surface area contributed by atoms with Crippen molar-refractivity contribution in [2.24, 2.45) is 0 Å². The van der Waals surface area contributed by atoms with E-state index in [2.05, 4.69) is 15.5 Å². The zero-order valence-electron chi connectivity index (χ0n) is 17.1. The van der Waals surface area contributed by atoms with E-state index in [0.29, 0.717) is 28.8 Å². The van der Waals surface area contributed by atoms with Crippen molar-refractivity contribution >= 4 is 49.7 Å². The van der Waals surface area contributed by atoms with E-state index in [9.17, 15) is 13.2 Å². The van der Waals surface area contributed by atoms with Crippen LogP contribution in [0, 0.1) is 0 Å². The van der Waals surface area contributed by atoms with Crippen molar-refractivity contribution in [1.82, 2.24) is 10.2 Å². The number of carbonyl (C=O) groups is 1. The second-order valence-corrected chi connectivity index (χ2v) is 10.5. The quantitative estimate of drug-likeness (QED) is 0.426. The highest BCUT2D eigenvalue weighted by molar-refractivity contribution is 7.93. The third-order valence-corrected chi connectivity index (χ3v) is 8.45. The summed E-state index contributed by atoms with van der Waals surface area (Å²) in [7, 11) is -3.95. The molecule has 0 fully saturated rings. The predicted molar refractivity (Wildman–Crippen MR) is 129 cm³/mol. The van der Waals surface area contributed by atoms with Crippen molar-refractivity contribution in [3.05, 3.63) is 88.9 Å². The van der Waals surface area contributed by atoms with Gasteiger partial charge < -0.3 is 0 Å². The Bertz CT molecular complexity index is 1460. The van der Waals surface area contributed by atoms with Crippen LogP contribution in [0.15, 0.2) is 77.7 Å². The summed E-state index contributed by atoms with van der Waals surface area (Å²) in [6, 6.07) is 21.0. The van der Waals surface area contributed by atoms with Gasteiger partial charge in [0.2, 0.25) is 5.13 Å². The first-order chi connectivity index (χ1) is 15.9. The molecule has 10 heteroatoms. The van der Waals surface area contributed by atoms with Crippen LogP contribution >= 0.6 is 22.9 Å². The maximum Gasteiger partial charge on any atom is 0.265 e. The summed E-state index contributed by atoms with van der Waals surface area (Å²) < 4.78 is 28.1. The Kier molecular flexibility index (Phi) is 5.61. The van der Waals surface area contributed by atoms with Gasteiger partial charge in [-0.05, 0) is 36.2 Å². The van der Waals surface area contributed by atoms with Crippen molar-refractivity contribution in [2.75, 3.05) is 16.2 Å². The molecule has 3 aromatic carbocycles. The number of carbonyl (C=O) groups excluding carboxylic acids is 1. The van der Waals surface area contributed by atoms with Gasteiger partial charge in [0.15, 0.2) is 0 Å². The summed E-state index contributed by atoms with van der Waals surface area (Å²) in [6.07, 6.45) is 0.619. The molecule has 0 bridgehead atoms. The third-order valence-electron chi connectivity index (χ3n) is 5.27. The van der Waals surface area contributed by atoms with E-state index in [1.54, 1.807) is 12.1 Å². The number of rotatable bonds is 5. The number of amides is 1. The Morgan fingerprint density at radius 1 is 1.00 bits per heavy atom. The van der Waals surface area contributed by atoms with Gasteiger partial charge in [0.1, 0.15) is 9.90 Å². The molecule has 0 spiro atoms. The summed E-state index contributed by atoms with van der Waals surface area (Å²) in [5.41, 5.74) is 2.63. The molecule has 2 heterocycles. The topological polar surface area (TPSA) is 92.3 Å². The standard InChI is InChI=1S/C23H17ClN4O3S2/c24-18-11-10-17(21(29)25-23-27-26-22(32-23)16-7-2-1-3-8-16)14-20(18)33(30,31)28-13-12-15-6-4-5-9-19(15)28/h1-11,14H,12-13H2,(H,25,27,29). The summed E-state index contributed by atoms with van der Waals surface area (Å²) in [4.78, 5) is 12.7. The van der Waals surface area contributed by atoms with Crippen molar-refractivity contribution in [2.45, 2.75) is 11.3 Å². The van der Waals surface area contributed by atoms with E-state index in [4.69, 9.17) is 11.6 Å². The van der Waals surface area contributed by atoms with Crippen LogP contribution in [0.2, 0.25) is 5.02 Å². The maximum absolute atomic E-state index is 13.4. The number of para-hydroxylation sites is 1. The van der Waals surface area contributed by atoms with Crippen molar-refractivity contribution < 1.29 is 13.2 Å². The average molecular weight is 497 g/mol. The lowest BCUT2D eigenvalue weighted by atomic mass is 10.2. The highest BCUT2D eigenvalue weighted by atomic mass is 35.5. The Morgan fingerprint density at radius 3 is 2.58 bits per heavy atom. The molecular weight excluding hydrogens is 480 g/mol. The number of benzene rings is 3. The summed E-state index contributed by atoms with van der Waals surface area (Å²) in [6.45, 7) is 0.321. The fraction of sp³-hybridized carbons (Fsp3) is 0.0870. The maximum atomic E-state index is 13.4. The van der Waals surface area contributed by atoms with Gasteiger partial charge in [0.25, 0.3) is 15.9 Å². The molecule has 0 radical (unpaired) electrons. The normalized spacial score (nSPS) is 13.1. The van der Waals surface area contributed by atoms with Gasteiger partial charge >= 0.3 is 0 Å². The van der Waals surface area contributed by atoms with E-state index >= 15 is 0 Å². The number of nitrogens with one attached hydrogen (secondary N) is 1. The molecule has 7 nitrogen and oxygen atoms in total. The number of hydrogen-bond donors (Lipinski definition) is 1. The van der Waals surface area contributed by atoms with Gasteiger partial charge in [-0.1, -0.05) is 71.5 Å². The van der Waals surface area contributed by atoms with Crippen LogP contribution < -0.4 is 9.62 Å². The molecular formula is C23H17ClN4O3S2. The van der Waals surface area contributed by atoms with Gasteiger partial charge in [-0.3, -0.25) is 14.4 Å². The first kappa shape index (κ1) is 21.6. The SMILES string of the molecule is O=C(Nc1nnc(-c2ccccc2)s1)c1ccc(Cl)c(S(=O)(=O)N2CCc3ccccc32)c1. The molecule has 166 valence electrons. The molecule has 33 heavy (non-hydrogen) atoms. The lowest BCUT2D eigenvalue weighted by molar-refractivity contribution is 0.102. The molecule has 1 aromatic heterocycles. The Morgan fingerprint density at radius 2 is 1.76 bits per heavy atom. The number of aromatic nitrogens is 2. The van der Waals surface area contributed by atoms with E-state index in [1.807, 2.05) is 42.5 Å². The van der Waals surface area contributed by atoms with E-state index < -0.39 is 15.9 Å². The van der Waals surface area contributed by atoms with Crippen LogP contribution in [0.5, 0.6) is 0 Å². The molecule has 1 amide bonds. The number of nitrogens with zero attached hydrogens (tertiary/aromatic N) is 3. The number of sulfonamides is 1. The lowest BCUT2D eigenvalue weighted by Gasteiger charge is -2.20. The van der Waals surface area contributed by atoms with Gasteiger partial charge in [0.05, 0.1) is 10.7 Å². The van der Waals surface area contributed by atoms with Crippen LogP contribution in [-0.2, 0) is 16.4 Å². The fourth-order valence-electron chi connectivity index (χ4n) is 3.66. The van der Waals surface area contributed by atoms with Crippen molar-refractivity contribution in [3.63, 3.8) is 0 Å². The molecule has 0 saturated carbocycles. The smallest absolute Gasteiger partial charge is 0.265 e. The highest BCUT2D eigenvalue weighted by Gasteiger charge is 2.32. The van der Waals surface area contributed by atoms with Gasteiger partial charge in [-0.15, -0.1) is 10.2 Å². The Hall–Kier alpha value is -3.27. The average Bonchev–Trinajstić information content (AvgIpc) is 3.47. The monoisotopic (exact) mass is 496 g/mol. The second-order valence-electron chi connectivity index (χ2n) is 7.33. The summed E-state index contributed by atoms with van der Waals surface area (Å²) >= 11 is 7.49. The Balaban J connectivity index is 1.41. The van der Waals surface area contributed by atoms with Gasteiger partial charge in [-0.25, -0.2) is 8.42 Å². The van der Waals surface area contributed by atoms with E-state index in [0.717, 1.165) is 11.1 Å². The Labute approximate surface area is 199 Å². The first-order valence-electron chi connectivity index (χ1n) is 10.0. The van der Waals surface area contributed by atoms with Crippen molar-refractivity contribution in [3.8, 4) is 10.6 Å². The number of hydrogen-bond acceptors (Lipinski definition) is 6. The van der Waals surface area contributed by atoms with Gasteiger partial charge in [-0.2, -0.15) is 0 Å². The molecule has 0 saturated heterocycles. The molecule has 0 atom stereocenters. The van der Waals surface area contributed by atoms with Crippen LogP contribution in [0.1, 0.15) is 15.9 Å². The minimum Gasteiger partial charge on any atom is -0.296 e. The van der Waals surface area contributed by atoms with Gasteiger partial charge in [0, 0.05) is 17.7 Å². The van der Waals surface area contributed by atoms with Crippen LogP contribution in [0.25, 0.3) is 10.6 Å². The van der Waals surface area contributed by atoms with Crippen LogP contribution in [-0.4, -0.2) is 31.1 Å². The molecule has 1 aliphatic heterocycles. The molecule has 1 N–H and O–H groups in total. The number of halogens is 1. The predicted octanol–water partition coefficient (Wildman–Crippen LogP) is 4.86. The van der Waals surface area contributed by atoms with Crippen molar-refractivity contribution in [1.29, 1.82) is 0 Å². The molecule has 0 aliphatic carbocycles. The fourth-order valence-corrected chi connectivity index (χ4v) is 6.41. The highest BCUT2D eigenvalue weighted by Crippen LogP contribution is 2.35. The zero-order chi connectivity index (χ0) is 23.0. The van der Waals surface area contributed by atoms with E-state index in [-0.39, 0.29) is 15.5 Å². The molecule has 0 unspecified atom stereocenters. The summed E-state index contributed by atoms with van der Waals surface area (Å²) in [5.74, 6) is -0.499. The lowest BCUT2D eigenvalue weighted by Crippen LogP contribution is -2.29. The number of anilines is 2. The minimum atomic E-state index is -3.95. The molecule has 1 aliphatic rings. The molecule has 4 aromatic rings. The first-order valence-corrected chi connectivity index (χ1v) is 12.7. The summed E-state index contributed by atoms with van der Waals surface area (Å²) in [5, 5.41) is 11.8. The van der Waals surface area contributed by atoms with Crippen LogP contribution in [0.4, 0.5) is 10.8 Å². The zero-order valence-corrected chi connectivity index (χ0v) is 19.5. The van der Waals surface area contributed by atoms with E-state index in [1.165, 1.54) is 33.8 Å². The number of fused-ring (bicyclic) bond motifs is 1. The third kappa shape index (κ3) is 4.10.